The summed E-state index contributed by atoms with van der Waals surface area (Å²) in [6.45, 7) is 0.683. The van der Waals surface area contributed by atoms with Gasteiger partial charge in [-0.1, -0.05) is 42.5 Å². The maximum atomic E-state index is 12.2. The number of nitrogens with one attached hydrogen (secondary N) is 1. The minimum Gasteiger partial charge on any atom is -0.457 e. The zero-order chi connectivity index (χ0) is 25.3. The van der Waals surface area contributed by atoms with Crippen LogP contribution in [0.4, 0.5) is 11.5 Å². The number of nitrogens with two attached hydrogens (primary N) is 1. The Morgan fingerprint density at radius 1 is 0.917 bits per heavy atom. The first-order valence-electron chi connectivity index (χ1n) is 11.5. The summed E-state index contributed by atoms with van der Waals surface area (Å²) in [6.07, 6.45) is 4.92. The molecule has 4 aromatic rings. The van der Waals surface area contributed by atoms with Crippen LogP contribution < -0.4 is 20.5 Å². The van der Waals surface area contributed by atoms with Crippen molar-refractivity contribution < 1.29 is 14.3 Å². The lowest BCUT2D eigenvalue weighted by Gasteiger charge is -2.14. The second kappa shape index (κ2) is 11.7. The molecule has 0 saturated heterocycles. The summed E-state index contributed by atoms with van der Waals surface area (Å²) in [6, 6.07) is 26.1. The molecule has 1 heterocycles. The lowest BCUT2D eigenvalue weighted by molar-refractivity contribution is -0.111. The van der Waals surface area contributed by atoms with Crippen molar-refractivity contribution in [1.29, 1.82) is 0 Å². The fourth-order valence-electron chi connectivity index (χ4n) is 3.47. The fourth-order valence-corrected chi connectivity index (χ4v) is 3.47. The standard InChI is InChI=1S/C29H28N4O3/c1-33(2)19-7-12-27(34)32-22-8-6-11-25(20-22)36-26-17-18-31-29(30)28(26)21-13-15-24(16-14-21)35-23-9-4-3-5-10-23/h3-18,20H,19H2,1-2H3,(H2,30,31)(H,32,34)/b12-7+. The number of likely N-dealkylation sites (N-methyl/N-ethyl adjacent to an activating group) is 1. The number of anilines is 2. The van der Waals surface area contributed by atoms with Gasteiger partial charge in [-0.3, -0.25) is 4.79 Å². The van der Waals surface area contributed by atoms with E-state index in [1.807, 2.05) is 85.7 Å². The number of amides is 1. The predicted octanol–water partition coefficient (Wildman–Crippen LogP) is 5.97. The van der Waals surface area contributed by atoms with Crippen LogP contribution in [0.3, 0.4) is 0 Å². The molecular formula is C29H28N4O3. The maximum absolute atomic E-state index is 12.2. The third-order valence-electron chi connectivity index (χ3n) is 5.13. The molecule has 182 valence electrons. The molecule has 1 amide bonds. The zero-order valence-electron chi connectivity index (χ0n) is 20.2. The van der Waals surface area contributed by atoms with Gasteiger partial charge in [-0.15, -0.1) is 0 Å². The molecule has 36 heavy (non-hydrogen) atoms. The average Bonchev–Trinajstić information content (AvgIpc) is 2.86. The molecule has 7 heteroatoms. The Labute approximate surface area is 210 Å². The van der Waals surface area contributed by atoms with Crippen LogP contribution in [0.15, 0.2) is 103 Å². The molecule has 0 atom stereocenters. The van der Waals surface area contributed by atoms with Crippen molar-refractivity contribution in [3.05, 3.63) is 103 Å². The Hall–Kier alpha value is -4.62. The third-order valence-corrected chi connectivity index (χ3v) is 5.13. The summed E-state index contributed by atoms with van der Waals surface area (Å²) in [7, 11) is 3.88. The Bertz CT molecular complexity index is 1340. The highest BCUT2D eigenvalue weighted by Gasteiger charge is 2.13. The molecule has 0 aliphatic carbocycles. The average molecular weight is 481 g/mol. The van der Waals surface area contributed by atoms with Crippen molar-refractivity contribution in [1.82, 2.24) is 9.88 Å². The highest BCUT2D eigenvalue weighted by molar-refractivity contribution is 5.99. The van der Waals surface area contributed by atoms with Crippen LogP contribution in [-0.2, 0) is 4.79 Å². The monoisotopic (exact) mass is 480 g/mol. The van der Waals surface area contributed by atoms with E-state index in [-0.39, 0.29) is 5.91 Å². The minimum atomic E-state index is -0.208. The Balaban J connectivity index is 1.51. The molecule has 0 radical (unpaired) electrons. The molecule has 1 aromatic heterocycles. The number of pyridine rings is 1. The molecule has 4 rings (SSSR count). The van der Waals surface area contributed by atoms with E-state index in [0.717, 1.165) is 11.3 Å². The summed E-state index contributed by atoms with van der Waals surface area (Å²) in [4.78, 5) is 18.4. The van der Waals surface area contributed by atoms with Gasteiger partial charge in [0.2, 0.25) is 5.91 Å². The molecule has 0 aliphatic rings. The Morgan fingerprint density at radius 3 is 2.39 bits per heavy atom. The van der Waals surface area contributed by atoms with Crippen LogP contribution in [0.25, 0.3) is 11.1 Å². The van der Waals surface area contributed by atoms with Crippen LogP contribution in [0.5, 0.6) is 23.0 Å². The van der Waals surface area contributed by atoms with Crippen molar-refractivity contribution in [2.45, 2.75) is 0 Å². The first-order chi connectivity index (χ1) is 17.5. The molecule has 0 unspecified atom stereocenters. The quantitative estimate of drug-likeness (QED) is 0.287. The number of hydrogen-bond acceptors (Lipinski definition) is 6. The highest BCUT2D eigenvalue weighted by Crippen LogP contribution is 2.38. The van der Waals surface area contributed by atoms with Crippen molar-refractivity contribution in [3.63, 3.8) is 0 Å². The smallest absolute Gasteiger partial charge is 0.248 e. The lowest BCUT2D eigenvalue weighted by atomic mass is 10.1. The molecule has 3 aromatic carbocycles. The second-order valence-electron chi connectivity index (χ2n) is 8.29. The van der Waals surface area contributed by atoms with Gasteiger partial charge in [0, 0.05) is 30.6 Å². The van der Waals surface area contributed by atoms with E-state index in [2.05, 4.69) is 10.3 Å². The molecule has 3 N–H and O–H groups in total. The van der Waals surface area contributed by atoms with E-state index in [4.69, 9.17) is 15.2 Å². The van der Waals surface area contributed by atoms with Gasteiger partial charge in [-0.2, -0.15) is 0 Å². The number of aromatic nitrogens is 1. The number of rotatable bonds is 9. The predicted molar refractivity (Wildman–Crippen MR) is 143 cm³/mol. The number of ether oxygens (including phenoxy) is 2. The van der Waals surface area contributed by atoms with Gasteiger partial charge in [-0.25, -0.2) is 4.98 Å². The van der Waals surface area contributed by atoms with Gasteiger partial charge in [-0.05, 0) is 62.1 Å². The summed E-state index contributed by atoms with van der Waals surface area (Å²) in [5, 5.41) is 2.85. The van der Waals surface area contributed by atoms with Crippen LogP contribution in [0.2, 0.25) is 0 Å². The molecule has 0 saturated carbocycles. The molecule has 7 nitrogen and oxygen atoms in total. The largest absolute Gasteiger partial charge is 0.457 e. The normalized spacial score (nSPS) is 11.0. The molecule has 0 fully saturated rings. The van der Waals surface area contributed by atoms with Gasteiger partial charge in [0.1, 0.15) is 28.8 Å². The second-order valence-corrected chi connectivity index (χ2v) is 8.29. The Morgan fingerprint density at radius 2 is 1.64 bits per heavy atom. The summed E-state index contributed by atoms with van der Waals surface area (Å²) in [5.74, 6) is 2.71. The van der Waals surface area contributed by atoms with E-state index < -0.39 is 0 Å². The van der Waals surface area contributed by atoms with Crippen LogP contribution in [0, 0.1) is 0 Å². The van der Waals surface area contributed by atoms with Crippen molar-refractivity contribution in [2.75, 3.05) is 31.7 Å². The number of hydrogen-bond donors (Lipinski definition) is 2. The molecule has 0 aliphatic heterocycles. The van der Waals surface area contributed by atoms with Gasteiger partial charge in [0.15, 0.2) is 0 Å². The maximum Gasteiger partial charge on any atom is 0.248 e. The van der Waals surface area contributed by atoms with Crippen LogP contribution in [-0.4, -0.2) is 36.4 Å². The van der Waals surface area contributed by atoms with E-state index in [1.165, 1.54) is 6.08 Å². The first-order valence-corrected chi connectivity index (χ1v) is 11.5. The van der Waals surface area contributed by atoms with Crippen molar-refractivity contribution >= 4 is 17.4 Å². The van der Waals surface area contributed by atoms with Gasteiger partial charge < -0.3 is 25.4 Å². The van der Waals surface area contributed by atoms with E-state index in [0.29, 0.717) is 40.9 Å². The third kappa shape index (κ3) is 6.71. The van der Waals surface area contributed by atoms with Gasteiger partial charge >= 0.3 is 0 Å². The highest BCUT2D eigenvalue weighted by atomic mass is 16.5. The van der Waals surface area contributed by atoms with E-state index in [9.17, 15) is 4.79 Å². The first kappa shape index (κ1) is 24.5. The summed E-state index contributed by atoms with van der Waals surface area (Å²) in [5.41, 5.74) is 8.38. The van der Waals surface area contributed by atoms with Gasteiger partial charge in [0.25, 0.3) is 0 Å². The molecule has 0 spiro atoms. The SMILES string of the molecule is CN(C)C/C=C/C(=O)Nc1cccc(Oc2ccnc(N)c2-c2ccc(Oc3ccccc3)cc2)c1. The van der Waals surface area contributed by atoms with E-state index >= 15 is 0 Å². The molecular weight excluding hydrogens is 452 g/mol. The topological polar surface area (TPSA) is 89.7 Å². The minimum absolute atomic E-state index is 0.208. The lowest BCUT2D eigenvalue weighted by Crippen LogP contribution is -2.12. The summed E-state index contributed by atoms with van der Waals surface area (Å²) >= 11 is 0. The Kier molecular flexibility index (Phi) is 7.95. The fraction of sp³-hybridized carbons (Fsp3) is 0.103. The number of benzene rings is 3. The number of nitrogen functional groups attached to an aromatic ring is 1. The number of para-hydroxylation sites is 1. The number of carbonyl (C=O) groups is 1. The van der Waals surface area contributed by atoms with Crippen molar-refractivity contribution in [3.8, 4) is 34.1 Å². The van der Waals surface area contributed by atoms with Crippen LogP contribution in [0.1, 0.15) is 0 Å². The number of carbonyl (C=O) groups excluding carboxylic acids is 1. The zero-order valence-corrected chi connectivity index (χ0v) is 20.2. The van der Waals surface area contributed by atoms with Gasteiger partial charge in [0.05, 0.1) is 5.56 Å². The van der Waals surface area contributed by atoms with Crippen LogP contribution >= 0.6 is 0 Å². The van der Waals surface area contributed by atoms with E-state index in [1.54, 1.807) is 30.5 Å². The molecule has 0 bridgehead atoms. The summed E-state index contributed by atoms with van der Waals surface area (Å²) < 4.78 is 12.1. The number of nitrogens with zero attached hydrogens (tertiary/aromatic N) is 2. The van der Waals surface area contributed by atoms with Crippen molar-refractivity contribution in [2.24, 2.45) is 0 Å².